The summed E-state index contributed by atoms with van der Waals surface area (Å²) in [5.41, 5.74) is 1.59. The Balaban J connectivity index is 1.80. The van der Waals surface area contributed by atoms with Crippen LogP contribution in [0.15, 0.2) is 21.5 Å². The van der Waals surface area contributed by atoms with Gasteiger partial charge in [0.25, 0.3) is 0 Å². The van der Waals surface area contributed by atoms with Crippen LogP contribution in [0.4, 0.5) is 5.69 Å². The topological polar surface area (TPSA) is 57.7 Å². The molecule has 1 aromatic rings. The number of halogens is 1. The van der Waals surface area contributed by atoms with Gasteiger partial charge >= 0.3 is 0 Å². The number of carbonyl (C=O) groups is 1. The highest BCUT2D eigenvalue weighted by Gasteiger charge is 2.41. The predicted molar refractivity (Wildman–Crippen MR) is 105 cm³/mol. The Labute approximate surface area is 163 Å². The number of hydrogen-bond donors (Lipinski definition) is 0. The molecule has 1 aromatic carbocycles. The summed E-state index contributed by atoms with van der Waals surface area (Å²) < 4.78 is 29.6. The first-order chi connectivity index (χ1) is 12.4. The number of rotatable bonds is 4. The fourth-order valence-corrected chi connectivity index (χ4v) is 6.95. The summed E-state index contributed by atoms with van der Waals surface area (Å²) in [5, 5.41) is 0. The van der Waals surface area contributed by atoms with Crippen molar-refractivity contribution in [2.45, 2.75) is 62.8 Å². The first-order valence-electron chi connectivity index (χ1n) is 9.59. The van der Waals surface area contributed by atoms with Gasteiger partial charge in [-0.05, 0) is 56.2 Å². The van der Waals surface area contributed by atoms with Gasteiger partial charge in [-0.3, -0.25) is 4.79 Å². The molecule has 2 aliphatic heterocycles. The molecule has 1 aliphatic carbocycles. The highest BCUT2D eigenvalue weighted by molar-refractivity contribution is 9.10. The largest absolute Gasteiger partial charge is 0.310 e. The number of amides is 1. The van der Waals surface area contributed by atoms with Crippen LogP contribution >= 0.6 is 15.9 Å². The van der Waals surface area contributed by atoms with Crippen LogP contribution in [0, 0.1) is 5.92 Å². The minimum atomic E-state index is -3.63. The summed E-state index contributed by atoms with van der Waals surface area (Å²) in [7, 11) is -3.63. The third kappa shape index (κ3) is 3.12. The van der Waals surface area contributed by atoms with Gasteiger partial charge in [0.05, 0.1) is 5.69 Å². The first kappa shape index (κ1) is 18.4. The molecule has 4 rings (SSSR count). The van der Waals surface area contributed by atoms with Crippen molar-refractivity contribution >= 4 is 37.5 Å². The van der Waals surface area contributed by atoms with Crippen LogP contribution < -0.4 is 4.90 Å². The Kier molecular flexibility index (Phi) is 4.90. The molecule has 5 nitrogen and oxygen atoms in total. The molecule has 2 fully saturated rings. The minimum Gasteiger partial charge on any atom is -0.310 e. The second kappa shape index (κ2) is 6.91. The summed E-state index contributed by atoms with van der Waals surface area (Å²) >= 11 is 3.48. The fraction of sp³-hybridized carbons (Fsp3) is 0.632. The maximum atomic E-state index is 13.6. The van der Waals surface area contributed by atoms with Gasteiger partial charge in [-0.2, -0.15) is 4.31 Å². The third-order valence-corrected chi connectivity index (χ3v) is 8.24. The molecule has 0 aromatic heterocycles. The summed E-state index contributed by atoms with van der Waals surface area (Å²) in [6.07, 6.45) is 6.27. The van der Waals surface area contributed by atoms with E-state index in [2.05, 4.69) is 15.9 Å². The van der Waals surface area contributed by atoms with Crippen molar-refractivity contribution in [3.05, 3.63) is 22.2 Å². The maximum absolute atomic E-state index is 13.6. The highest BCUT2D eigenvalue weighted by Crippen LogP contribution is 2.42. The molecule has 1 atom stereocenters. The van der Waals surface area contributed by atoms with E-state index in [1.54, 1.807) is 15.3 Å². The molecule has 1 unspecified atom stereocenters. The molecule has 7 heteroatoms. The lowest BCUT2D eigenvalue weighted by Gasteiger charge is -2.35. The van der Waals surface area contributed by atoms with Gasteiger partial charge in [0.1, 0.15) is 4.90 Å². The summed E-state index contributed by atoms with van der Waals surface area (Å²) in [5.74, 6) is 0.173. The lowest BCUT2D eigenvalue weighted by molar-refractivity contribution is -0.119. The van der Waals surface area contributed by atoms with Crippen molar-refractivity contribution in [3.8, 4) is 0 Å². The van der Waals surface area contributed by atoms with Crippen LogP contribution in [-0.4, -0.2) is 37.8 Å². The Morgan fingerprint density at radius 1 is 1.19 bits per heavy atom. The second-order valence-electron chi connectivity index (χ2n) is 7.60. The zero-order chi connectivity index (χ0) is 18.5. The molecule has 142 valence electrons. The molecule has 0 spiro atoms. The van der Waals surface area contributed by atoms with Crippen molar-refractivity contribution in [2.75, 3.05) is 18.0 Å². The Hall–Kier alpha value is -0.920. The molecule has 1 amide bonds. The number of fused-ring (bicyclic) bond motifs is 1. The van der Waals surface area contributed by atoms with Gasteiger partial charge in [0, 0.05) is 29.5 Å². The molecule has 1 saturated heterocycles. The minimum absolute atomic E-state index is 0.0531. The van der Waals surface area contributed by atoms with E-state index in [1.165, 1.54) is 0 Å². The van der Waals surface area contributed by atoms with Crippen LogP contribution in [0.1, 0.15) is 51.0 Å². The maximum Gasteiger partial charge on any atom is 0.245 e. The number of benzene rings is 1. The van der Waals surface area contributed by atoms with Crippen LogP contribution in [0.25, 0.3) is 0 Å². The Morgan fingerprint density at radius 2 is 1.96 bits per heavy atom. The number of piperidine rings is 1. The van der Waals surface area contributed by atoms with Crippen molar-refractivity contribution in [1.29, 1.82) is 0 Å². The summed E-state index contributed by atoms with van der Waals surface area (Å²) in [4.78, 5) is 14.8. The van der Waals surface area contributed by atoms with Crippen LogP contribution in [0.5, 0.6) is 0 Å². The van der Waals surface area contributed by atoms with Gasteiger partial charge in [-0.1, -0.05) is 29.3 Å². The number of nitrogens with zero attached hydrogens (tertiary/aromatic N) is 2. The quantitative estimate of drug-likeness (QED) is 0.716. The molecule has 0 N–H and O–H groups in total. The molecule has 0 radical (unpaired) electrons. The van der Waals surface area contributed by atoms with E-state index >= 15 is 0 Å². The monoisotopic (exact) mass is 440 g/mol. The van der Waals surface area contributed by atoms with Crippen molar-refractivity contribution in [1.82, 2.24) is 4.31 Å². The van der Waals surface area contributed by atoms with Gasteiger partial charge in [0.15, 0.2) is 0 Å². The molecular formula is C19H25BrN2O3S. The third-order valence-electron chi connectivity index (χ3n) is 5.82. The van der Waals surface area contributed by atoms with E-state index in [4.69, 9.17) is 0 Å². The number of sulfonamides is 1. The van der Waals surface area contributed by atoms with Crippen LogP contribution in [0.2, 0.25) is 0 Å². The summed E-state index contributed by atoms with van der Waals surface area (Å²) in [6.45, 7) is 3.20. The van der Waals surface area contributed by atoms with Crippen molar-refractivity contribution in [2.24, 2.45) is 5.92 Å². The fourth-order valence-electron chi connectivity index (χ4n) is 4.26. The van der Waals surface area contributed by atoms with Crippen molar-refractivity contribution in [3.63, 3.8) is 0 Å². The standard InChI is InChI=1S/C19H25BrN2O3S/c1-2-16-5-3-4-9-22(16)26(24,25)17-12-15(20)11-14-8-10-21(18(14)17)19(23)13-6-7-13/h11-13,16H,2-10H2,1H3. The van der Waals surface area contributed by atoms with E-state index in [1.807, 2.05) is 13.0 Å². The smallest absolute Gasteiger partial charge is 0.245 e. The first-order valence-corrected chi connectivity index (χ1v) is 11.8. The molecule has 2 heterocycles. The average Bonchev–Trinajstić information content (AvgIpc) is 3.40. The number of carbonyl (C=O) groups excluding carboxylic acids is 1. The Bertz CT molecular complexity index is 835. The SMILES string of the molecule is CCC1CCCCN1S(=O)(=O)c1cc(Br)cc2c1N(C(=O)C1CC1)CC2. The second-order valence-corrected chi connectivity index (χ2v) is 10.4. The van der Waals surface area contributed by atoms with Crippen molar-refractivity contribution < 1.29 is 13.2 Å². The summed E-state index contributed by atoms with van der Waals surface area (Å²) in [6, 6.07) is 3.70. The zero-order valence-electron chi connectivity index (χ0n) is 15.1. The highest BCUT2D eigenvalue weighted by atomic mass is 79.9. The lowest BCUT2D eigenvalue weighted by atomic mass is 10.0. The van der Waals surface area contributed by atoms with Crippen LogP contribution in [-0.2, 0) is 21.2 Å². The molecule has 0 bridgehead atoms. The van der Waals surface area contributed by atoms with E-state index < -0.39 is 10.0 Å². The van der Waals surface area contributed by atoms with Crippen LogP contribution in [0.3, 0.4) is 0 Å². The molecular weight excluding hydrogens is 416 g/mol. The van der Waals surface area contributed by atoms with E-state index in [9.17, 15) is 13.2 Å². The number of anilines is 1. The average molecular weight is 441 g/mol. The normalized spacial score (nSPS) is 23.9. The Morgan fingerprint density at radius 3 is 2.65 bits per heavy atom. The number of hydrogen-bond acceptors (Lipinski definition) is 3. The molecule has 3 aliphatic rings. The van der Waals surface area contributed by atoms with E-state index in [-0.39, 0.29) is 17.9 Å². The predicted octanol–water partition coefficient (Wildman–Crippen LogP) is 3.70. The molecule has 1 saturated carbocycles. The van der Waals surface area contributed by atoms with Gasteiger partial charge in [-0.25, -0.2) is 8.42 Å². The van der Waals surface area contributed by atoms with Gasteiger partial charge in [-0.15, -0.1) is 0 Å². The zero-order valence-corrected chi connectivity index (χ0v) is 17.5. The lowest BCUT2D eigenvalue weighted by Crippen LogP contribution is -2.44. The van der Waals surface area contributed by atoms with Gasteiger partial charge < -0.3 is 4.90 Å². The van der Waals surface area contributed by atoms with E-state index in [0.717, 1.165) is 48.6 Å². The van der Waals surface area contributed by atoms with E-state index in [0.29, 0.717) is 30.1 Å². The molecule has 26 heavy (non-hydrogen) atoms. The van der Waals surface area contributed by atoms with Gasteiger partial charge in [0.2, 0.25) is 15.9 Å².